The van der Waals surface area contributed by atoms with Crippen LogP contribution < -0.4 is 5.32 Å². The molecule has 2 aromatic carbocycles. The van der Waals surface area contributed by atoms with Crippen LogP contribution in [0, 0.1) is 6.92 Å². The summed E-state index contributed by atoms with van der Waals surface area (Å²) in [4.78, 5) is 25.5. The molecule has 0 radical (unpaired) electrons. The minimum atomic E-state index is -0.328. The number of nitrogens with one attached hydrogen (secondary N) is 1. The molecule has 0 unspecified atom stereocenters. The Morgan fingerprint density at radius 3 is 2.68 bits per heavy atom. The summed E-state index contributed by atoms with van der Waals surface area (Å²) >= 11 is 1.46. The summed E-state index contributed by atoms with van der Waals surface area (Å²) in [6.45, 7) is 4.00. The van der Waals surface area contributed by atoms with Crippen LogP contribution >= 0.6 is 11.3 Å². The number of aromatic nitrogens is 3. The number of nitrogens with zero attached hydrogens (tertiary/aromatic N) is 3. The lowest BCUT2D eigenvalue weighted by Gasteiger charge is -2.06. The van der Waals surface area contributed by atoms with Crippen molar-refractivity contribution in [2.45, 2.75) is 13.8 Å². The number of benzene rings is 2. The van der Waals surface area contributed by atoms with Crippen LogP contribution in [-0.2, 0) is 4.74 Å². The number of carbonyl (C=O) groups excluding carboxylic acids is 1. The van der Waals surface area contributed by atoms with E-state index in [-0.39, 0.29) is 5.97 Å². The second kappa shape index (κ2) is 7.74. The van der Waals surface area contributed by atoms with Gasteiger partial charge in [0.1, 0.15) is 11.6 Å². The maximum Gasteiger partial charge on any atom is 0.338 e. The average Bonchev–Trinajstić information content (AvgIpc) is 3.09. The summed E-state index contributed by atoms with van der Waals surface area (Å²) in [6.07, 6.45) is 0. The first-order chi connectivity index (χ1) is 13.6. The number of fused-ring (bicyclic) bond motifs is 1. The van der Waals surface area contributed by atoms with Crippen molar-refractivity contribution >= 4 is 38.5 Å². The third kappa shape index (κ3) is 3.84. The molecule has 140 valence electrons. The summed E-state index contributed by atoms with van der Waals surface area (Å²) in [7, 11) is 0. The Balaban J connectivity index is 1.63. The van der Waals surface area contributed by atoms with Crippen LogP contribution in [0.2, 0.25) is 0 Å². The first-order valence-corrected chi connectivity index (χ1v) is 9.70. The standard InChI is InChI=1S/C21H18N4O2S/c1-3-27-20(26)15-9-10-16-18(11-15)28-21(24-16)25-19-12-17(22-13(2)23-19)14-7-5-4-6-8-14/h4-12H,3H2,1-2H3,(H,22,23,24,25). The molecule has 1 N–H and O–H groups in total. The Kier molecular flexibility index (Phi) is 4.99. The van der Waals surface area contributed by atoms with Gasteiger partial charge in [-0.1, -0.05) is 41.7 Å². The van der Waals surface area contributed by atoms with Crippen molar-refractivity contribution in [3.05, 3.63) is 66.0 Å². The highest BCUT2D eigenvalue weighted by Crippen LogP contribution is 2.30. The van der Waals surface area contributed by atoms with Crippen molar-refractivity contribution in [3.8, 4) is 11.3 Å². The van der Waals surface area contributed by atoms with Gasteiger partial charge in [0.25, 0.3) is 0 Å². The smallest absolute Gasteiger partial charge is 0.338 e. The number of hydrogen-bond donors (Lipinski definition) is 1. The van der Waals surface area contributed by atoms with Gasteiger partial charge >= 0.3 is 5.97 Å². The molecular formula is C21H18N4O2S. The van der Waals surface area contributed by atoms with Crippen molar-refractivity contribution in [1.29, 1.82) is 0 Å². The number of ether oxygens (including phenoxy) is 1. The second-order valence-electron chi connectivity index (χ2n) is 6.10. The van der Waals surface area contributed by atoms with Gasteiger partial charge in [-0.15, -0.1) is 0 Å². The molecule has 0 spiro atoms. The van der Waals surface area contributed by atoms with E-state index < -0.39 is 0 Å². The van der Waals surface area contributed by atoms with Gasteiger partial charge in [-0.05, 0) is 32.0 Å². The summed E-state index contributed by atoms with van der Waals surface area (Å²) in [5.41, 5.74) is 3.21. The molecule has 0 bridgehead atoms. The van der Waals surface area contributed by atoms with Gasteiger partial charge < -0.3 is 10.1 Å². The van der Waals surface area contributed by atoms with Crippen LogP contribution in [0.15, 0.2) is 54.6 Å². The normalized spacial score (nSPS) is 10.8. The first-order valence-electron chi connectivity index (χ1n) is 8.88. The Hall–Kier alpha value is -3.32. The molecule has 0 aliphatic rings. The van der Waals surface area contributed by atoms with Crippen LogP contribution in [0.3, 0.4) is 0 Å². The fraction of sp³-hybridized carbons (Fsp3) is 0.143. The highest BCUT2D eigenvalue weighted by atomic mass is 32.1. The number of aryl methyl sites for hydroxylation is 1. The lowest BCUT2D eigenvalue weighted by Crippen LogP contribution is -2.03. The fourth-order valence-corrected chi connectivity index (χ4v) is 3.73. The maximum atomic E-state index is 11.9. The van der Waals surface area contributed by atoms with Gasteiger partial charge in [0.15, 0.2) is 5.13 Å². The Morgan fingerprint density at radius 1 is 1.07 bits per heavy atom. The topological polar surface area (TPSA) is 77.0 Å². The van der Waals surface area contributed by atoms with Crippen LogP contribution in [0.4, 0.5) is 10.9 Å². The van der Waals surface area contributed by atoms with E-state index in [1.54, 1.807) is 19.1 Å². The van der Waals surface area contributed by atoms with E-state index in [4.69, 9.17) is 4.74 Å². The molecule has 0 saturated heterocycles. The van der Waals surface area contributed by atoms with E-state index >= 15 is 0 Å². The molecule has 2 heterocycles. The van der Waals surface area contributed by atoms with Gasteiger partial charge in [-0.3, -0.25) is 0 Å². The lowest BCUT2D eigenvalue weighted by atomic mass is 10.1. The zero-order valence-electron chi connectivity index (χ0n) is 15.5. The van der Waals surface area contributed by atoms with Crippen LogP contribution in [0.25, 0.3) is 21.5 Å². The molecule has 0 amide bonds. The monoisotopic (exact) mass is 390 g/mol. The fourth-order valence-electron chi connectivity index (χ4n) is 2.82. The van der Waals surface area contributed by atoms with Gasteiger partial charge in [0.05, 0.1) is 28.1 Å². The minimum Gasteiger partial charge on any atom is -0.462 e. The predicted octanol–water partition coefficient (Wildman–Crippen LogP) is 4.98. The van der Waals surface area contributed by atoms with Crippen molar-refractivity contribution in [1.82, 2.24) is 15.0 Å². The minimum absolute atomic E-state index is 0.328. The van der Waals surface area contributed by atoms with E-state index in [0.29, 0.717) is 28.9 Å². The molecule has 0 atom stereocenters. The van der Waals surface area contributed by atoms with E-state index in [2.05, 4.69) is 20.3 Å². The molecule has 0 aliphatic carbocycles. The van der Waals surface area contributed by atoms with E-state index in [1.165, 1.54) is 11.3 Å². The molecule has 7 heteroatoms. The average molecular weight is 390 g/mol. The van der Waals surface area contributed by atoms with E-state index in [9.17, 15) is 4.79 Å². The molecule has 0 aliphatic heterocycles. The number of thiazole rings is 1. The lowest BCUT2D eigenvalue weighted by molar-refractivity contribution is 0.0526. The molecular weight excluding hydrogens is 372 g/mol. The number of esters is 1. The Labute approximate surface area is 166 Å². The summed E-state index contributed by atoms with van der Waals surface area (Å²) in [5.74, 6) is 1.02. The van der Waals surface area contributed by atoms with Gasteiger partial charge in [0, 0.05) is 11.6 Å². The third-order valence-corrected chi connectivity index (χ3v) is 4.98. The maximum absolute atomic E-state index is 11.9. The molecule has 4 rings (SSSR count). The van der Waals surface area contributed by atoms with Crippen molar-refractivity contribution in [2.75, 3.05) is 11.9 Å². The molecule has 4 aromatic rings. The molecule has 28 heavy (non-hydrogen) atoms. The highest BCUT2D eigenvalue weighted by molar-refractivity contribution is 7.22. The summed E-state index contributed by atoms with van der Waals surface area (Å²) in [6, 6.07) is 17.2. The molecule has 2 aromatic heterocycles. The summed E-state index contributed by atoms with van der Waals surface area (Å²) in [5, 5.41) is 3.96. The van der Waals surface area contributed by atoms with Gasteiger partial charge in [0.2, 0.25) is 0 Å². The van der Waals surface area contributed by atoms with Crippen LogP contribution in [0.5, 0.6) is 0 Å². The third-order valence-electron chi connectivity index (χ3n) is 4.04. The number of anilines is 2. The van der Waals surface area contributed by atoms with Crippen molar-refractivity contribution < 1.29 is 9.53 Å². The van der Waals surface area contributed by atoms with Crippen molar-refractivity contribution in [2.24, 2.45) is 0 Å². The van der Waals surface area contributed by atoms with E-state index in [1.807, 2.05) is 49.4 Å². The molecule has 0 fully saturated rings. The number of carbonyl (C=O) groups is 1. The first kappa shape index (κ1) is 18.1. The van der Waals surface area contributed by atoms with E-state index in [0.717, 1.165) is 21.5 Å². The largest absolute Gasteiger partial charge is 0.462 e. The van der Waals surface area contributed by atoms with Crippen molar-refractivity contribution in [3.63, 3.8) is 0 Å². The SMILES string of the molecule is CCOC(=O)c1ccc2nc(Nc3cc(-c4ccccc4)nc(C)n3)sc2c1. The molecule has 0 saturated carbocycles. The zero-order chi connectivity index (χ0) is 19.5. The summed E-state index contributed by atoms with van der Waals surface area (Å²) < 4.78 is 5.97. The van der Waals surface area contributed by atoms with Gasteiger partial charge in [-0.25, -0.2) is 19.7 Å². The second-order valence-corrected chi connectivity index (χ2v) is 7.13. The number of hydrogen-bond acceptors (Lipinski definition) is 7. The van der Waals surface area contributed by atoms with Crippen LogP contribution in [0.1, 0.15) is 23.1 Å². The van der Waals surface area contributed by atoms with Gasteiger partial charge in [-0.2, -0.15) is 0 Å². The predicted molar refractivity (Wildman–Crippen MR) is 111 cm³/mol. The Bertz CT molecular complexity index is 1140. The number of rotatable bonds is 5. The molecule has 6 nitrogen and oxygen atoms in total. The highest BCUT2D eigenvalue weighted by Gasteiger charge is 2.11. The van der Waals surface area contributed by atoms with Crippen LogP contribution in [-0.4, -0.2) is 27.5 Å². The quantitative estimate of drug-likeness (QED) is 0.484. The zero-order valence-corrected chi connectivity index (χ0v) is 16.3. The Morgan fingerprint density at radius 2 is 1.89 bits per heavy atom.